The van der Waals surface area contributed by atoms with E-state index in [2.05, 4.69) is 0 Å². The lowest BCUT2D eigenvalue weighted by atomic mass is 9.90. The predicted octanol–water partition coefficient (Wildman–Crippen LogP) is 0.764. The Balaban J connectivity index is 2.55. The minimum absolute atomic E-state index is 0.00944. The minimum atomic E-state index is -1.35. The van der Waals surface area contributed by atoms with E-state index >= 15 is 0 Å². The normalized spacial score (nSPS) is 21.8. The Kier molecular flexibility index (Phi) is 3.74. The molecule has 0 radical (unpaired) electrons. The molecule has 2 atom stereocenters. The van der Waals surface area contributed by atoms with Crippen molar-refractivity contribution in [3.63, 3.8) is 0 Å². The molecule has 0 aliphatic heterocycles. The molecule has 0 saturated carbocycles. The molecule has 1 aromatic carbocycles. The second-order valence-electron chi connectivity index (χ2n) is 4.69. The van der Waals surface area contributed by atoms with E-state index in [4.69, 9.17) is 14.9 Å². The number of carboxylic acid groups (broad SMARTS) is 2. The molecule has 0 spiro atoms. The average Bonchev–Trinajstić information content (AvgIpc) is 2.55. The van der Waals surface area contributed by atoms with Crippen LogP contribution in [0.4, 0.5) is 0 Å². The zero-order chi connectivity index (χ0) is 14.9. The molecule has 0 heterocycles. The van der Waals surface area contributed by atoms with Gasteiger partial charge in [0.1, 0.15) is 17.6 Å². The molecule has 0 amide bonds. The van der Waals surface area contributed by atoms with Crippen LogP contribution in [0.3, 0.4) is 0 Å². The van der Waals surface area contributed by atoms with Crippen molar-refractivity contribution < 1.29 is 29.3 Å². The number of ether oxygens (including phenoxy) is 1. The molecule has 1 aliphatic rings. The molecule has 106 valence electrons. The summed E-state index contributed by atoms with van der Waals surface area (Å²) in [6, 6.07) is 5.07. The number of carbonyl (C=O) groups is 3. The lowest BCUT2D eigenvalue weighted by Crippen LogP contribution is -2.34. The second-order valence-corrected chi connectivity index (χ2v) is 4.69. The summed E-state index contributed by atoms with van der Waals surface area (Å²) in [5, 5.41) is 18.3. The average molecular weight is 278 g/mol. The molecule has 0 aromatic heterocycles. The first kappa shape index (κ1) is 14.0. The number of ketones is 1. The molecule has 0 bridgehead atoms. The quantitative estimate of drug-likeness (QED) is 0.625. The lowest BCUT2D eigenvalue weighted by Gasteiger charge is -2.12. The number of Topliss-reactive ketones (excluding diaryl/α,β-unsaturated/α-hetero) is 1. The topological polar surface area (TPSA) is 101 Å². The highest BCUT2D eigenvalue weighted by molar-refractivity contribution is 6.08. The van der Waals surface area contributed by atoms with Gasteiger partial charge in [-0.15, -0.1) is 0 Å². The first-order valence-electron chi connectivity index (χ1n) is 6.09. The van der Waals surface area contributed by atoms with Crippen molar-refractivity contribution >= 4 is 17.7 Å². The molecule has 1 aromatic rings. The van der Waals surface area contributed by atoms with E-state index in [9.17, 15) is 14.4 Å². The number of carbonyl (C=O) groups excluding carboxylic acids is 1. The van der Waals surface area contributed by atoms with E-state index in [0.29, 0.717) is 16.9 Å². The molecular formula is C14H14O6. The van der Waals surface area contributed by atoms with Crippen molar-refractivity contribution in [3.05, 3.63) is 29.3 Å². The van der Waals surface area contributed by atoms with Gasteiger partial charge in [0, 0.05) is 0 Å². The van der Waals surface area contributed by atoms with Gasteiger partial charge in [0.2, 0.25) is 0 Å². The fourth-order valence-corrected chi connectivity index (χ4v) is 2.51. The van der Waals surface area contributed by atoms with Crippen LogP contribution >= 0.6 is 0 Å². The van der Waals surface area contributed by atoms with Crippen molar-refractivity contribution in [2.45, 2.75) is 12.8 Å². The van der Waals surface area contributed by atoms with Crippen LogP contribution in [0, 0.1) is 11.8 Å². The van der Waals surface area contributed by atoms with Crippen molar-refractivity contribution in [3.8, 4) is 5.75 Å². The summed E-state index contributed by atoms with van der Waals surface area (Å²) in [6.45, 7) is 0. The number of carboxylic acids is 2. The smallest absolute Gasteiger partial charge is 0.314 e. The first-order chi connectivity index (χ1) is 9.45. The van der Waals surface area contributed by atoms with Crippen molar-refractivity contribution in [1.82, 2.24) is 0 Å². The third-order valence-corrected chi connectivity index (χ3v) is 3.57. The van der Waals surface area contributed by atoms with Crippen LogP contribution in [-0.2, 0) is 27.2 Å². The molecule has 2 rings (SSSR count). The zero-order valence-electron chi connectivity index (χ0n) is 10.8. The highest BCUT2D eigenvalue weighted by Gasteiger charge is 2.40. The molecule has 2 unspecified atom stereocenters. The van der Waals surface area contributed by atoms with Gasteiger partial charge in [0.05, 0.1) is 7.11 Å². The van der Waals surface area contributed by atoms with Gasteiger partial charge in [-0.2, -0.15) is 0 Å². The monoisotopic (exact) mass is 278 g/mol. The molecule has 20 heavy (non-hydrogen) atoms. The van der Waals surface area contributed by atoms with Gasteiger partial charge in [-0.1, -0.05) is 12.1 Å². The van der Waals surface area contributed by atoms with E-state index in [1.54, 1.807) is 18.2 Å². The van der Waals surface area contributed by atoms with E-state index < -0.39 is 29.6 Å². The second kappa shape index (κ2) is 5.32. The van der Waals surface area contributed by atoms with Crippen LogP contribution in [0.15, 0.2) is 18.2 Å². The summed E-state index contributed by atoms with van der Waals surface area (Å²) in [5.74, 6) is -5.56. The summed E-state index contributed by atoms with van der Waals surface area (Å²) >= 11 is 0. The number of aliphatic carboxylic acids is 2. The molecule has 6 nitrogen and oxygen atoms in total. The minimum Gasteiger partial charge on any atom is -0.496 e. The standard InChI is InChI=1S/C14H14O6/c1-20-11-4-2-3-7-5-9(13(16)17)12(15)10(14(18)19)6-8(7)11/h2-4,9-10H,5-6H2,1H3,(H,16,17)(H,18,19). The van der Waals surface area contributed by atoms with Crippen molar-refractivity contribution in [2.24, 2.45) is 11.8 Å². The molecule has 6 heteroatoms. The van der Waals surface area contributed by atoms with E-state index in [-0.39, 0.29) is 12.8 Å². The number of hydrogen-bond donors (Lipinski definition) is 2. The molecule has 0 fully saturated rings. The van der Waals surface area contributed by atoms with Crippen LogP contribution in [0.5, 0.6) is 5.75 Å². The van der Waals surface area contributed by atoms with E-state index in [1.807, 2.05) is 0 Å². The van der Waals surface area contributed by atoms with Gasteiger partial charge >= 0.3 is 11.9 Å². The van der Waals surface area contributed by atoms with Crippen LogP contribution in [-0.4, -0.2) is 35.0 Å². The SMILES string of the molecule is COc1cccc2c1CC(C(=O)O)C(=O)C(C(=O)O)C2. The zero-order valence-corrected chi connectivity index (χ0v) is 10.8. The fraction of sp³-hybridized carbons (Fsp3) is 0.357. The van der Waals surface area contributed by atoms with E-state index in [1.165, 1.54) is 7.11 Å². The number of benzene rings is 1. The third-order valence-electron chi connectivity index (χ3n) is 3.57. The lowest BCUT2D eigenvalue weighted by molar-refractivity contribution is -0.151. The Morgan fingerprint density at radius 1 is 1.15 bits per heavy atom. The van der Waals surface area contributed by atoms with Gasteiger partial charge in [-0.3, -0.25) is 14.4 Å². The molecule has 0 saturated heterocycles. The van der Waals surface area contributed by atoms with Gasteiger partial charge in [0.25, 0.3) is 0 Å². The van der Waals surface area contributed by atoms with Gasteiger partial charge < -0.3 is 14.9 Å². The van der Waals surface area contributed by atoms with Crippen molar-refractivity contribution in [1.29, 1.82) is 0 Å². The predicted molar refractivity (Wildman–Crippen MR) is 67.7 cm³/mol. The summed E-state index contributed by atoms with van der Waals surface area (Å²) < 4.78 is 5.18. The van der Waals surface area contributed by atoms with Crippen LogP contribution in [0.1, 0.15) is 11.1 Å². The Hall–Kier alpha value is -2.37. The van der Waals surface area contributed by atoms with Crippen molar-refractivity contribution in [2.75, 3.05) is 7.11 Å². The summed E-state index contributed by atoms with van der Waals surface area (Å²) in [6.07, 6.45) is -0.0538. The fourth-order valence-electron chi connectivity index (χ4n) is 2.51. The highest BCUT2D eigenvalue weighted by atomic mass is 16.5. The third kappa shape index (κ3) is 2.36. The molecular weight excluding hydrogens is 264 g/mol. The van der Waals surface area contributed by atoms with Gasteiger partial charge in [0.15, 0.2) is 5.78 Å². The first-order valence-corrected chi connectivity index (χ1v) is 6.09. The van der Waals surface area contributed by atoms with Crippen LogP contribution < -0.4 is 4.74 Å². The number of hydrogen-bond acceptors (Lipinski definition) is 4. The Bertz CT molecular complexity index is 577. The number of fused-ring (bicyclic) bond motifs is 1. The maximum absolute atomic E-state index is 12.1. The highest BCUT2D eigenvalue weighted by Crippen LogP contribution is 2.32. The maximum atomic E-state index is 12.1. The summed E-state index contributed by atoms with van der Waals surface area (Å²) in [5.41, 5.74) is 1.24. The van der Waals surface area contributed by atoms with E-state index in [0.717, 1.165) is 0 Å². The maximum Gasteiger partial charge on any atom is 0.314 e. The Morgan fingerprint density at radius 2 is 1.75 bits per heavy atom. The summed E-state index contributed by atoms with van der Waals surface area (Å²) in [4.78, 5) is 34.5. The van der Waals surface area contributed by atoms with Crippen LogP contribution in [0.25, 0.3) is 0 Å². The van der Waals surface area contributed by atoms with Gasteiger partial charge in [-0.25, -0.2) is 0 Å². The summed E-state index contributed by atoms with van der Waals surface area (Å²) in [7, 11) is 1.45. The molecule has 1 aliphatic carbocycles. The number of methoxy groups -OCH3 is 1. The Morgan fingerprint density at radius 3 is 2.30 bits per heavy atom. The Labute approximate surface area is 115 Å². The largest absolute Gasteiger partial charge is 0.496 e. The van der Waals surface area contributed by atoms with Crippen LogP contribution in [0.2, 0.25) is 0 Å². The number of rotatable bonds is 3. The molecule has 2 N–H and O–H groups in total. The van der Waals surface area contributed by atoms with Gasteiger partial charge in [-0.05, 0) is 30.0 Å².